The maximum absolute atomic E-state index is 13.2. The lowest BCUT2D eigenvalue weighted by Crippen LogP contribution is -2.43. The molecule has 0 saturated carbocycles. The first kappa shape index (κ1) is 12.0. The first-order valence-electron chi connectivity index (χ1n) is 5.49. The molecule has 0 spiro atoms. The molecule has 0 N–H and O–H groups in total. The predicted octanol–water partition coefficient (Wildman–Crippen LogP) is 2.34. The van der Waals surface area contributed by atoms with Crippen molar-refractivity contribution in [3.8, 4) is 0 Å². The lowest BCUT2D eigenvalue weighted by Gasteiger charge is -2.32. The van der Waals surface area contributed by atoms with Crippen molar-refractivity contribution in [2.24, 2.45) is 0 Å². The van der Waals surface area contributed by atoms with E-state index in [1.807, 2.05) is 6.07 Å². The summed E-state index contributed by atoms with van der Waals surface area (Å²) < 4.78 is 14.0. The third-order valence-electron chi connectivity index (χ3n) is 2.92. The van der Waals surface area contributed by atoms with Crippen LogP contribution in [-0.2, 0) is 6.54 Å². The highest BCUT2D eigenvalue weighted by Gasteiger charge is 2.14. The van der Waals surface area contributed by atoms with Crippen LogP contribution in [-0.4, -0.2) is 43.0 Å². The fourth-order valence-electron chi connectivity index (χ4n) is 1.97. The van der Waals surface area contributed by atoms with Gasteiger partial charge in [0.25, 0.3) is 0 Å². The minimum atomic E-state index is -0.168. The van der Waals surface area contributed by atoms with Crippen LogP contribution in [0.4, 0.5) is 4.39 Å². The molecule has 1 aromatic rings. The van der Waals surface area contributed by atoms with E-state index in [-0.39, 0.29) is 5.82 Å². The molecule has 2 nitrogen and oxygen atoms in total. The molecule has 0 bridgehead atoms. The maximum atomic E-state index is 13.2. The van der Waals surface area contributed by atoms with Gasteiger partial charge in [0.2, 0.25) is 0 Å². The van der Waals surface area contributed by atoms with Crippen LogP contribution in [0.1, 0.15) is 5.56 Å². The Balaban J connectivity index is 1.98. The van der Waals surface area contributed by atoms with Crippen LogP contribution >= 0.6 is 15.9 Å². The Morgan fingerprint density at radius 2 is 1.88 bits per heavy atom. The van der Waals surface area contributed by atoms with Gasteiger partial charge < -0.3 is 4.90 Å². The lowest BCUT2D eigenvalue weighted by molar-refractivity contribution is 0.148. The quantitative estimate of drug-likeness (QED) is 0.824. The second-order valence-corrected chi connectivity index (χ2v) is 5.27. The van der Waals surface area contributed by atoms with Gasteiger partial charge in [-0.1, -0.05) is 15.9 Å². The van der Waals surface area contributed by atoms with Crippen molar-refractivity contribution in [2.45, 2.75) is 6.54 Å². The number of piperazine rings is 1. The first-order chi connectivity index (χ1) is 7.63. The molecular formula is C12H16BrFN2. The highest BCUT2D eigenvalue weighted by atomic mass is 79.9. The van der Waals surface area contributed by atoms with Crippen LogP contribution in [0.15, 0.2) is 22.7 Å². The van der Waals surface area contributed by atoms with Gasteiger partial charge in [0, 0.05) is 37.2 Å². The van der Waals surface area contributed by atoms with Crippen molar-refractivity contribution in [3.05, 3.63) is 34.1 Å². The number of nitrogens with zero attached hydrogens (tertiary/aromatic N) is 2. The van der Waals surface area contributed by atoms with E-state index in [0.29, 0.717) is 0 Å². The Hall–Kier alpha value is -0.450. The molecule has 0 unspecified atom stereocenters. The SMILES string of the molecule is CN1CCN(Cc2cc(F)cc(Br)c2)CC1. The first-order valence-corrected chi connectivity index (χ1v) is 6.28. The summed E-state index contributed by atoms with van der Waals surface area (Å²) in [6, 6.07) is 5.10. The molecule has 0 aromatic heterocycles. The van der Waals surface area contributed by atoms with Crippen LogP contribution in [0, 0.1) is 5.82 Å². The number of hydrogen-bond donors (Lipinski definition) is 0. The Labute approximate surface area is 104 Å². The van der Waals surface area contributed by atoms with Crippen molar-refractivity contribution in [3.63, 3.8) is 0 Å². The molecule has 1 saturated heterocycles. The average molecular weight is 287 g/mol. The van der Waals surface area contributed by atoms with Gasteiger partial charge in [0.1, 0.15) is 5.82 Å². The maximum Gasteiger partial charge on any atom is 0.124 e. The van der Waals surface area contributed by atoms with Gasteiger partial charge in [0.05, 0.1) is 0 Å². The van der Waals surface area contributed by atoms with Crippen LogP contribution in [0.2, 0.25) is 0 Å². The van der Waals surface area contributed by atoms with E-state index in [1.165, 1.54) is 6.07 Å². The third-order valence-corrected chi connectivity index (χ3v) is 3.38. The minimum Gasteiger partial charge on any atom is -0.304 e. The van der Waals surface area contributed by atoms with Gasteiger partial charge in [-0.05, 0) is 30.8 Å². The van der Waals surface area contributed by atoms with Crippen molar-refractivity contribution >= 4 is 15.9 Å². The van der Waals surface area contributed by atoms with Crippen LogP contribution in [0.5, 0.6) is 0 Å². The summed E-state index contributed by atoms with van der Waals surface area (Å²) in [6.45, 7) is 5.15. The van der Waals surface area contributed by atoms with Crippen molar-refractivity contribution in [2.75, 3.05) is 33.2 Å². The Morgan fingerprint density at radius 1 is 1.19 bits per heavy atom. The van der Waals surface area contributed by atoms with Gasteiger partial charge in [-0.25, -0.2) is 4.39 Å². The molecule has 0 radical (unpaired) electrons. The summed E-state index contributed by atoms with van der Waals surface area (Å²) in [7, 11) is 2.14. The highest BCUT2D eigenvalue weighted by Crippen LogP contribution is 2.16. The summed E-state index contributed by atoms with van der Waals surface area (Å²) in [4.78, 5) is 4.68. The summed E-state index contributed by atoms with van der Waals surface area (Å²) in [6.07, 6.45) is 0. The monoisotopic (exact) mass is 286 g/mol. The molecule has 1 aliphatic heterocycles. The molecule has 1 aliphatic rings. The summed E-state index contributed by atoms with van der Waals surface area (Å²) in [5.41, 5.74) is 1.04. The predicted molar refractivity (Wildman–Crippen MR) is 66.9 cm³/mol. The molecular weight excluding hydrogens is 271 g/mol. The van der Waals surface area contributed by atoms with Gasteiger partial charge in [-0.15, -0.1) is 0 Å². The zero-order chi connectivity index (χ0) is 11.5. The topological polar surface area (TPSA) is 6.48 Å². The zero-order valence-corrected chi connectivity index (χ0v) is 11.0. The Morgan fingerprint density at radius 3 is 2.50 bits per heavy atom. The number of hydrogen-bond acceptors (Lipinski definition) is 2. The summed E-state index contributed by atoms with van der Waals surface area (Å²) >= 11 is 3.32. The number of rotatable bonds is 2. The molecule has 88 valence electrons. The molecule has 1 heterocycles. The van der Waals surface area contributed by atoms with E-state index in [1.54, 1.807) is 6.07 Å². The van der Waals surface area contributed by atoms with Crippen LogP contribution in [0.3, 0.4) is 0 Å². The molecule has 0 atom stereocenters. The second-order valence-electron chi connectivity index (χ2n) is 4.36. The normalized spacial score (nSPS) is 18.9. The fraction of sp³-hybridized carbons (Fsp3) is 0.500. The van der Waals surface area contributed by atoms with E-state index in [2.05, 4.69) is 32.8 Å². The third kappa shape index (κ3) is 3.27. The van der Waals surface area contributed by atoms with Gasteiger partial charge in [-0.2, -0.15) is 0 Å². The molecule has 0 amide bonds. The molecule has 4 heteroatoms. The van der Waals surface area contributed by atoms with Crippen molar-refractivity contribution in [1.29, 1.82) is 0 Å². The molecule has 1 aromatic carbocycles. The van der Waals surface area contributed by atoms with Crippen LogP contribution < -0.4 is 0 Å². The Bertz CT molecular complexity index is 342. The second kappa shape index (κ2) is 5.25. The van der Waals surface area contributed by atoms with E-state index in [0.717, 1.165) is 42.8 Å². The molecule has 2 rings (SSSR count). The standard InChI is InChI=1S/C12H16BrFN2/c1-15-2-4-16(5-3-15)9-10-6-11(13)8-12(14)7-10/h6-8H,2-5,9H2,1H3. The van der Waals surface area contributed by atoms with E-state index in [4.69, 9.17) is 0 Å². The molecule has 1 fully saturated rings. The number of halogens is 2. The zero-order valence-electron chi connectivity index (χ0n) is 9.42. The largest absolute Gasteiger partial charge is 0.304 e. The van der Waals surface area contributed by atoms with Gasteiger partial charge in [0.15, 0.2) is 0 Å². The minimum absolute atomic E-state index is 0.168. The van der Waals surface area contributed by atoms with Gasteiger partial charge >= 0.3 is 0 Å². The van der Waals surface area contributed by atoms with Crippen molar-refractivity contribution in [1.82, 2.24) is 9.80 Å². The highest BCUT2D eigenvalue weighted by molar-refractivity contribution is 9.10. The smallest absolute Gasteiger partial charge is 0.124 e. The van der Waals surface area contributed by atoms with Gasteiger partial charge in [-0.3, -0.25) is 4.90 Å². The van der Waals surface area contributed by atoms with E-state index < -0.39 is 0 Å². The number of benzene rings is 1. The number of likely N-dealkylation sites (N-methyl/N-ethyl adjacent to an activating group) is 1. The fourth-order valence-corrected chi connectivity index (χ4v) is 2.48. The molecule has 16 heavy (non-hydrogen) atoms. The van der Waals surface area contributed by atoms with E-state index in [9.17, 15) is 4.39 Å². The summed E-state index contributed by atoms with van der Waals surface area (Å²) in [5.74, 6) is -0.168. The van der Waals surface area contributed by atoms with Crippen LogP contribution in [0.25, 0.3) is 0 Å². The lowest BCUT2D eigenvalue weighted by atomic mass is 10.2. The van der Waals surface area contributed by atoms with E-state index >= 15 is 0 Å². The van der Waals surface area contributed by atoms with Crippen molar-refractivity contribution < 1.29 is 4.39 Å². The average Bonchev–Trinajstić information content (AvgIpc) is 2.20. The molecule has 0 aliphatic carbocycles. The Kier molecular flexibility index (Phi) is 3.95. The summed E-state index contributed by atoms with van der Waals surface area (Å²) in [5, 5.41) is 0.